The lowest BCUT2D eigenvalue weighted by Gasteiger charge is -2.01. The van der Waals surface area contributed by atoms with Gasteiger partial charge in [0.25, 0.3) is 0 Å². The van der Waals surface area contributed by atoms with E-state index in [9.17, 15) is 9.59 Å². The van der Waals surface area contributed by atoms with Gasteiger partial charge >= 0.3 is 11.8 Å². The minimum Gasteiger partial charge on any atom is -0.361 e. The molecule has 2 aromatic carbocycles. The molecule has 0 heterocycles. The van der Waals surface area contributed by atoms with E-state index in [2.05, 4.69) is 10.5 Å². The summed E-state index contributed by atoms with van der Waals surface area (Å²) in [6, 6.07) is 15.5. The number of nitrogens with one attached hydrogen (secondary N) is 1. The fourth-order valence-corrected chi connectivity index (χ4v) is 2.28. The molecule has 2 aromatic rings. The Balaban J connectivity index is 2.09. The SMILES string of the molecule is NC(=O)C(=O)NN=C1c2ccccc2-c2ccccc21. The highest BCUT2D eigenvalue weighted by molar-refractivity contribution is 6.34. The first-order chi connectivity index (χ1) is 9.68. The van der Waals surface area contributed by atoms with E-state index >= 15 is 0 Å². The van der Waals surface area contributed by atoms with Gasteiger partial charge in [-0.2, -0.15) is 5.10 Å². The number of primary amides is 1. The van der Waals surface area contributed by atoms with Gasteiger partial charge < -0.3 is 5.73 Å². The summed E-state index contributed by atoms with van der Waals surface area (Å²) < 4.78 is 0. The standard InChI is InChI=1S/C15H11N3O2/c16-14(19)15(20)18-17-13-11-7-3-1-5-9(11)10-6-2-4-8-12(10)13/h1-8H,(H2,16,19)(H,18,20). The summed E-state index contributed by atoms with van der Waals surface area (Å²) in [6.07, 6.45) is 0. The molecule has 3 N–H and O–H groups in total. The molecule has 0 aromatic heterocycles. The van der Waals surface area contributed by atoms with Crippen molar-refractivity contribution in [1.82, 2.24) is 5.43 Å². The highest BCUT2D eigenvalue weighted by Gasteiger charge is 2.24. The largest absolute Gasteiger partial charge is 0.361 e. The zero-order chi connectivity index (χ0) is 14.1. The van der Waals surface area contributed by atoms with Crippen LogP contribution in [-0.2, 0) is 9.59 Å². The number of hydrogen-bond acceptors (Lipinski definition) is 3. The number of hydrogen-bond donors (Lipinski definition) is 2. The predicted octanol–water partition coefficient (Wildman–Crippen LogP) is 1.02. The highest BCUT2D eigenvalue weighted by Crippen LogP contribution is 2.36. The molecule has 0 unspecified atom stereocenters. The summed E-state index contributed by atoms with van der Waals surface area (Å²) in [6.45, 7) is 0. The molecule has 5 nitrogen and oxygen atoms in total. The summed E-state index contributed by atoms with van der Waals surface area (Å²) in [7, 11) is 0. The van der Waals surface area contributed by atoms with E-state index < -0.39 is 11.8 Å². The van der Waals surface area contributed by atoms with E-state index in [0.717, 1.165) is 22.3 Å². The lowest BCUT2D eigenvalue weighted by molar-refractivity contribution is -0.137. The molecule has 3 rings (SSSR count). The molecule has 0 fully saturated rings. The second-order valence-corrected chi connectivity index (χ2v) is 4.36. The van der Waals surface area contributed by atoms with Crippen molar-refractivity contribution in [2.75, 3.05) is 0 Å². The van der Waals surface area contributed by atoms with Crippen LogP contribution < -0.4 is 11.2 Å². The zero-order valence-corrected chi connectivity index (χ0v) is 10.5. The van der Waals surface area contributed by atoms with Gasteiger partial charge in [0.05, 0.1) is 5.71 Å². The average molecular weight is 265 g/mol. The van der Waals surface area contributed by atoms with Crippen LogP contribution >= 0.6 is 0 Å². The molecule has 0 atom stereocenters. The molecule has 0 bridgehead atoms. The number of hydrazone groups is 1. The normalized spacial score (nSPS) is 11.5. The third-order valence-corrected chi connectivity index (χ3v) is 3.15. The molecular weight excluding hydrogens is 254 g/mol. The minimum atomic E-state index is -1.06. The molecule has 98 valence electrons. The van der Waals surface area contributed by atoms with Crippen molar-refractivity contribution >= 4 is 17.5 Å². The molecule has 0 saturated heterocycles. The van der Waals surface area contributed by atoms with Crippen molar-refractivity contribution in [3.05, 3.63) is 59.7 Å². The van der Waals surface area contributed by atoms with E-state index in [1.165, 1.54) is 0 Å². The van der Waals surface area contributed by atoms with Crippen molar-refractivity contribution in [3.8, 4) is 11.1 Å². The number of fused-ring (bicyclic) bond motifs is 3. The van der Waals surface area contributed by atoms with Crippen molar-refractivity contribution in [2.45, 2.75) is 0 Å². The molecule has 1 aliphatic rings. The first kappa shape index (κ1) is 12.1. The van der Waals surface area contributed by atoms with Crippen LogP contribution in [0.2, 0.25) is 0 Å². The van der Waals surface area contributed by atoms with Crippen LogP contribution in [0.3, 0.4) is 0 Å². The van der Waals surface area contributed by atoms with Crippen LogP contribution in [0.5, 0.6) is 0 Å². The van der Waals surface area contributed by atoms with E-state index in [-0.39, 0.29) is 0 Å². The number of carbonyl (C=O) groups excluding carboxylic acids is 2. The van der Waals surface area contributed by atoms with Gasteiger partial charge in [-0.05, 0) is 11.1 Å². The lowest BCUT2D eigenvalue weighted by atomic mass is 10.1. The predicted molar refractivity (Wildman–Crippen MR) is 74.9 cm³/mol. The smallest absolute Gasteiger partial charge is 0.329 e. The lowest BCUT2D eigenvalue weighted by Crippen LogP contribution is -2.33. The van der Waals surface area contributed by atoms with Crippen molar-refractivity contribution in [3.63, 3.8) is 0 Å². The Morgan fingerprint density at radius 1 is 0.850 bits per heavy atom. The summed E-state index contributed by atoms with van der Waals surface area (Å²) in [5.74, 6) is -1.99. The number of carbonyl (C=O) groups is 2. The first-order valence-corrected chi connectivity index (χ1v) is 6.05. The van der Waals surface area contributed by atoms with E-state index in [4.69, 9.17) is 5.73 Å². The topological polar surface area (TPSA) is 84.5 Å². The van der Waals surface area contributed by atoms with Crippen LogP contribution in [0, 0.1) is 0 Å². The summed E-state index contributed by atoms with van der Waals surface area (Å²) in [5, 5.41) is 4.04. The zero-order valence-electron chi connectivity index (χ0n) is 10.5. The van der Waals surface area contributed by atoms with E-state index in [0.29, 0.717) is 5.71 Å². The van der Waals surface area contributed by atoms with E-state index in [1.807, 2.05) is 48.5 Å². The Morgan fingerprint density at radius 3 is 1.75 bits per heavy atom. The number of nitrogens with two attached hydrogens (primary N) is 1. The number of rotatable bonds is 1. The maximum atomic E-state index is 11.2. The van der Waals surface area contributed by atoms with Crippen LogP contribution in [0.1, 0.15) is 11.1 Å². The van der Waals surface area contributed by atoms with Gasteiger partial charge in [0.2, 0.25) is 0 Å². The van der Waals surface area contributed by atoms with Crippen LogP contribution in [0.15, 0.2) is 53.6 Å². The van der Waals surface area contributed by atoms with Gasteiger partial charge in [0.1, 0.15) is 0 Å². The molecule has 0 radical (unpaired) electrons. The van der Waals surface area contributed by atoms with Gasteiger partial charge in [0, 0.05) is 11.1 Å². The Labute approximate surface area is 115 Å². The number of nitrogens with zero attached hydrogens (tertiary/aromatic N) is 1. The van der Waals surface area contributed by atoms with Crippen molar-refractivity contribution in [2.24, 2.45) is 10.8 Å². The Hall–Kier alpha value is -2.95. The van der Waals surface area contributed by atoms with Crippen LogP contribution in [-0.4, -0.2) is 17.5 Å². The molecule has 2 amide bonds. The van der Waals surface area contributed by atoms with Gasteiger partial charge in [-0.25, -0.2) is 5.43 Å². The molecule has 20 heavy (non-hydrogen) atoms. The minimum absolute atomic E-state index is 0.630. The summed E-state index contributed by atoms with van der Waals surface area (Å²) in [4.78, 5) is 22.0. The summed E-state index contributed by atoms with van der Waals surface area (Å²) in [5.41, 5.74) is 11.6. The average Bonchev–Trinajstić information content (AvgIpc) is 2.79. The first-order valence-electron chi connectivity index (χ1n) is 6.05. The molecular formula is C15H11N3O2. The molecule has 1 aliphatic carbocycles. The second-order valence-electron chi connectivity index (χ2n) is 4.36. The molecule has 0 spiro atoms. The van der Waals surface area contributed by atoms with Crippen molar-refractivity contribution in [1.29, 1.82) is 0 Å². The Kier molecular flexibility index (Phi) is 2.80. The quantitative estimate of drug-likeness (QED) is 0.508. The Morgan fingerprint density at radius 2 is 1.30 bits per heavy atom. The maximum absolute atomic E-state index is 11.2. The van der Waals surface area contributed by atoms with Crippen LogP contribution in [0.25, 0.3) is 11.1 Å². The Bertz CT molecular complexity index is 703. The maximum Gasteiger partial charge on any atom is 0.329 e. The molecule has 5 heteroatoms. The molecule has 0 aliphatic heterocycles. The highest BCUT2D eigenvalue weighted by atomic mass is 16.2. The second kappa shape index (κ2) is 4.62. The fraction of sp³-hybridized carbons (Fsp3) is 0. The van der Waals surface area contributed by atoms with Gasteiger partial charge in [0.15, 0.2) is 0 Å². The number of benzene rings is 2. The van der Waals surface area contributed by atoms with Gasteiger partial charge in [-0.1, -0.05) is 48.5 Å². The molecule has 0 saturated carbocycles. The van der Waals surface area contributed by atoms with Crippen LogP contribution in [0.4, 0.5) is 0 Å². The third kappa shape index (κ3) is 1.85. The van der Waals surface area contributed by atoms with Crippen molar-refractivity contribution < 1.29 is 9.59 Å². The van der Waals surface area contributed by atoms with Gasteiger partial charge in [-0.15, -0.1) is 0 Å². The summed E-state index contributed by atoms with van der Waals surface area (Å²) >= 11 is 0. The third-order valence-electron chi connectivity index (χ3n) is 3.15. The monoisotopic (exact) mass is 265 g/mol. The fourth-order valence-electron chi connectivity index (χ4n) is 2.28. The van der Waals surface area contributed by atoms with Gasteiger partial charge in [-0.3, -0.25) is 9.59 Å². The van der Waals surface area contributed by atoms with E-state index in [1.54, 1.807) is 0 Å². The number of amides is 2.